The minimum Gasteiger partial charge on any atom is -0.377 e. The molecule has 2 heteroatoms. The Kier molecular flexibility index (Phi) is 9.08. The third-order valence-corrected chi connectivity index (χ3v) is 2.07. The largest absolute Gasteiger partial charge is 0.377 e. The maximum atomic E-state index is 5.50. The van der Waals surface area contributed by atoms with E-state index in [1.807, 2.05) is 25.3 Å². The minimum atomic E-state index is 0.348. The van der Waals surface area contributed by atoms with Crippen LogP contribution < -0.4 is 0 Å². The number of allylic oxidation sites excluding steroid dienone is 4. The molecule has 15 heavy (non-hydrogen) atoms. The summed E-state index contributed by atoms with van der Waals surface area (Å²) in [5, 5.41) is 0. The van der Waals surface area contributed by atoms with Gasteiger partial charge in [0, 0.05) is 6.21 Å². The van der Waals surface area contributed by atoms with Crippen molar-refractivity contribution in [1.29, 1.82) is 0 Å². The Morgan fingerprint density at radius 1 is 1.47 bits per heavy atom. The Bertz CT molecular complexity index is 229. The van der Waals surface area contributed by atoms with Gasteiger partial charge in [0.05, 0.1) is 19.3 Å². The van der Waals surface area contributed by atoms with Crippen LogP contribution in [0.15, 0.2) is 28.8 Å². The van der Waals surface area contributed by atoms with Crippen molar-refractivity contribution >= 4 is 6.21 Å². The molecule has 0 heterocycles. The highest BCUT2D eigenvalue weighted by molar-refractivity contribution is 5.72. The van der Waals surface area contributed by atoms with Gasteiger partial charge in [-0.2, -0.15) is 0 Å². The first-order valence-corrected chi connectivity index (χ1v) is 5.61. The Morgan fingerprint density at radius 3 is 2.80 bits per heavy atom. The highest BCUT2D eigenvalue weighted by atomic mass is 16.5. The molecule has 0 rings (SSSR count). The van der Waals surface area contributed by atoms with E-state index in [9.17, 15) is 0 Å². The number of hydrogen-bond donors (Lipinski definition) is 0. The number of hydrogen-bond acceptors (Lipinski definition) is 2. The van der Waals surface area contributed by atoms with Crippen LogP contribution in [0.1, 0.15) is 34.1 Å². The van der Waals surface area contributed by atoms with Crippen LogP contribution in [0.3, 0.4) is 0 Å². The molecular weight excluding hydrogens is 186 g/mol. The maximum absolute atomic E-state index is 5.50. The first kappa shape index (κ1) is 14.1. The summed E-state index contributed by atoms with van der Waals surface area (Å²) in [7, 11) is 0. The fraction of sp³-hybridized carbons (Fsp3) is 0.615. The molecule has 86 valence electrons. The van der Waals surface area contributed by atoms with Crippen LogP contribution in [0.25, 0.3) is 0 Å². The first-order valence-electron chi connectivity index (χ1n) is 5.61. The molecule has 0 aliphatic heterocycles. The molecule has 2 nitrogen and oxygen atoms in total. The maximum Gasteiger partial charge on any atom is 0.0665 e. The summed E-state index contributed by atoms with van der Waals surface area (Å²) in [6.45, 7) is 9.72. The van der Waals surface area contributed by atoms with Crippen LogP contribution in [0.2, 0.25) is 0 Å². The molecule has 0 aromatic heterocycles. The predicted octanol–water partition coefficient (Wildman–Crippen LogP) is 3.39. The van der Waals surface area contributed by atoms with Gasteiger partial charge in [0.25, 0.3) is 0 Å². The van der Waals surface area contributed by atoms with Crippen molar-refractivity contribution < 1.29 is 4.74 Å². The summed E-state index contributed by atoms with van der Waals surface area (Å²) in [6.07, 6.45) is 9.33. The van der Waals surface area contributed by atoms with Crippen LogP contribution in [-0.4, -0.2) is 25.5 Å². The van der Waals surface area contributed by atoms with Crippen molar-refractivity contribution in [3.63, 3.8) is 0 Å². The van der Waals surface area contributed by atoms with E-state index in [0.29, 0.717) is 12.7 Å². The smallest absolute Gasteiger partial charge is 0.0665 e. The molecular formula is C13H23NO. The lowest BCUT2D eigenvalue weighted by atomic mass is 10.3. The van der Waals surface area contributed by atoms with Gasteiger partial charge in [-0.15, -0.1) is 0 Å². The van der Waals surface area contributed by atoms with Gasteiger partial charge in [0.2, 0.25) is 0 Å². The molecule has 0 aromatic carbocycles. The van der Waals surface area contributed by atoms with E-state index < -0.39 is 0 Å². The number of nitrogens with zero attached hydrogens (tertiary/aromatic N) is 1. The van der Waals surface area contributed by atoms with Gasteiger partial charge in [-0.1, -0.05) is 19.1 Å². The van der Waals surface area contributed by atoms with E-state index in [-0.39, 0.29) is 0 Å². The second-order valence-electron chi connectivity index (χ2n) is 3.56. The first-order chi connectivity index (χ1) is 7.20. The number of aliphatic imine (C=N–C) groups is 1. The Balaban J connectivity index is 3.59. The van der Waals surface area contributed by atoms with Crippen LogP contribution in [0.4, 0.5) is 0 Å². The van der Waals surface area contributed by atoms with Gasteiger partial charge < -0.3 is 4.74 Å². The molecule has 0 N–H and O–H groups in total. The summed E-state index contributed by atoms with van der Waals surface area (Å²) >= 11 is 0. The van der Waals surface area contributed by atoms with Gasteiger partial charge in [-0.05, 0) is 38.8 Å². The second-order valence-corrected chi connectivity index (χ2v) is 3.56. The molecule has 0 saturated heterocycles. The fourth-order valence-electron chi connectivity index (χ4n) is 0.988. The van der Waals surface area contributed by atoms with Gasteiger partial charge in [0.1, 0.15) is 0 Å². The molecule has 0 saturated carbocycles. The van der Waals surface area contributed by atoms with Crippen LogP contribution in [0.5, 0.6) is 0 Å². The van der Waals surface area contributed by atoms with E-state index >= 15 is 0 Å². The van der Waals surface area contributed by atoms with E-state index in [0.717, 1.165) is 13.0 Å². The summed E-state index contributed by atoms with van der Waals surface area (Å²) in [6, 6.07) is 0. The summed E-state index contributed by atoms with van der Waals surface area (Å²) in [5.41, 5.74) is 1.21. The molecule has 0 aromatic rings. The zero-order valence-corrected chi connectivity index (χ0v) is 10.4. The molecule has 0 amide bonds. The van der Waals surface area contributed by atoms with Gasteiger partial charge >= 0.3 is 0 Å². The third-order valence-electron chi connectivity index (χ3n) is 2.07. The van der Waals surface area contributed by atoms with Crippen molar-refractivity contribution in [3.8, 4) is 0 Å². The average Bonchev–Trinajstić information content (AvgIpc) is 2.23. The summed E-state index contributed by atoms with van der Waals surface area (Å²) in [4.78, 5) is 4.24. The van der Waals surface area contributed by atoms with E-state index in [4.69, 9.17) is 4.74 Å². The predicted molar refractivity (Wildman–Crippen MR) is 67.6 cm³/mol. The molecule has 0 fully saturated rings. The summed E-state index contributed by atoms with van der Waals surface area (Å²) < 4.78 is 5.50. The van der Waals surface area contributed by atoms with Gasteiger partial charge in [-0.3, -0.25) is 4.99 Å². The third kappa shape index (κ3) is 9.42. The Hall–Kier alpha value is -0.890. The highest BCUT2D eigenvalue weighted by Crippen LogP contribution is 1.95. The highest BCUT2D eigenvalue weighted by Gasteiger charge is 1.95. The molecule has 1 unspecified atom stereocenters. The van der Waals surface area contributed by atoms with Crippen LogP contribution >= 0.6 is 0 Å². The SMILES string of the molecule is C/C=C\C(C)=C/C=NCCOC(C)CC. The molecule has 1 atom stereocenters. The van der Waals surface area contributed by atoms with Crippen molar-refractivity contribution in [2.75, 3.05) is 13.2 Å². The molecule has 0 spiro atoms. The molecule has 0 radical (unpaired) electrons. The average molecular weight is 209 g/mol. The number of ether oxygens (including phenoxy) is 1. The monoisotopic (exact) mass is 209 g/mol. The Morgan fingerprint density at radius 2 is 2.20 bits per heavy atom. The van der Waals surface area contributed by atoms with E-state index in [2.05, 4.69) is 31.8 Å². The van der Waals surface area contributed by atoms with E-state index in [1.165, 1.54) is 5.57 Å². The molecule has 0 aliphatic rings. The van der Waals surface area contributed by atoms with Crippen molar-refractivity contribution in [2.24, 2.45) is 4.99 Å². The lowest BCUT2D eigenvalue weighted by Gasteiger charge is -2.07. The van der Waals surface area contributed by atoms with Crippen molar-refractivity contribution in [2.45, 2.75) is 40.2 Å². The van der Waals surface area contributed by atoms with Gasteiger partial charge in [-0.25, -0.2) is 0 Å². The molecule has 0 aliphatic carbocycles. The Labute approximate surface area is 93.7 Å². The standard InChI is InChI=1S/C13H23NO/c1-5-7-12(3)8-9-14-10-11-15-13(4)6-2/h5,7-9,13H,6,10-11H2,1-4H3/b7-5-,12-8-,14-9?. The fourth-order valence-corrected chi connectivity index (χ4v) is 0.988. The lowest BCUT2D eigenvalue weighted by Crippen LogP contribution is -2.09. The number of rotatable bonds is 7. The summed E-state index contributed by atoms with van der Waals surface area (Å²) in [5.74, 6) is 0. The second kappa shape index (κ2) is 9.66. The zero-order chi connectivity index (χ0) is 11.5. The van der Waals surface area contributed by atoms with Crippen molar-refractivity contribution in [1.82, 2.24) is 0 Å². The minimum absolute atomic E-state index is 0.348. The molecule has 0 bridgehead atoms. The van der Waals surface area contributed by atoms with Crippen LogP contribution in [-0.2, 0) is 4.74 Å². The topological polar surface area (TPSA) is 21.6 Å². The van der Waals surface area contributed by atoms with Crippen LogP contribution in [0, 0.1) is 0 Å². The zero-order valence-electron chi connectivity index (χ0n) is 10.4. The normalized spacial score (nSPS) is 15.3. The van der Waals surface area contributed by atoms with Gasteiger partial charge in [0.15, 0.2) is 0 Å². The van der Waals surface area contributed by atoms with Crippen molar-refractivity contribution in [3.05, 3.63) is 23.8 Å². The lowest BCUT2D eigenvalue weighted by molar-refractivity contribution is 0.0698. The van der Waals surface area contributed by atoms with E-state index in [1.54, 1.807) is 0 Å². The quantitative estimate of drug-likeness (QED) is 0.358.